The number of allylic oxidation sites excluding steroid dienone is 3. The highest BCUT2D eigenvalue weighted by Gasteiger charge is 2.03. The van der Waals surface area contributed by atoms with Crippen molar-refractivity contribution in [1.82, 2.24) is 0 Å². The van der Waals surface area contributed by atoms with E-state index in [1.165, 1.54) is 18.1 Å². The highest BCUT2D eigenvalue weighted by atomic mass is 31.0. The molecule has 0 amide bonds. The zero-order chi connectivity index (χ0) is 9.94. The van der Waals surface area contributed by atoms with Crippen molar-refractivity contribution in [1.29, 1.82) is 0 Å². The molecule has 0 aromatic carbocycles. The number of hydrogen-bond donors (Lipinski definition) is 0. The topological polar surface area (TPSA) is 0 Å². The Kier molecular flexibility index (Phi) is 11.4. The molecule has 0 aromatic rings. The standard InChI is InChI=1S/C9H19P3Si/c10-4-1-7-13(8-2-5-11)9-3-6-12/h1-6,13H,7-12H2. The van der Waals surface area contributed by atoms with Gasteiger partial charge in [-0.2, -0.15) is 0 Å². The van der Waals surface area contributed by atoms with E-state index in [9.17, 15) is 0 Å². The van der Waals surface area contributed by atoms with Crippen LogP contribution in [0.5, 0.6) is 0 Å². The summed E-state index contributed by atoms with van der Waals surface area (Å²) in [4.78, 5) is 0. The number of hydrogen-bond acceptors (Lipinski definition) is 0. The maximum Gasteiger partial charge on any atom is 0.0481 e. The molecule has 0 bridgehead atoms. The molecule has 0 spiro atoms. The fourth-order valence-corrected chi connectivity index (χ4v) is 4.72. The van der Waals surface area contributed by atoms with Crippen molar-refractivity contribution in [2.45, 2.75) is 18.1 Å². The van der Waals surface area contributed by atoms with E-state index in [0.29, 0.717) is 0 Å². The molecule has 0 saturated heterocycles. The summed E-state index contributed by atoms with van der Waals surface area (Å²) in [5.74, 6) is 6.23. The highest BCUT2D eigenvalue weighted by molar-refractivity contribution is 7.21. The van der Waals surface area contributed by atoms with Crippen molar-refractivity contribution in [3.05, 3.63) is 35.7 Å². The molecule has 0 heterocycles. The van der Waals surface area contributed by atoms with Crippen LogP contribution in [0.25, 0.3) is 0 Å². The van der Waals surface area contributed by atoms with Crippen molar-refractivity contribution >= 4 is 36.5 Å². The fraction of sp³-hybridized carbons (Fsp3) is 0.333. The Morgan fingerprint density at radius 3 is 1.23 bits per heavy atom. The summed E-state index contributed by atoms with van der Waals surface area (Å²) in [7, 11) is 7.33. The van der Waals surface area contributed by atoms with E-state index >= 15 is 0 Å². The van der Waals surface area contributed by atoms with Gasteiger partial charge in [0.25, 0.3) is 0 Å². The molecule has 0 aliphatic rings. The quantitative estimate of drug-likeness (QED) is 0.499. The van der Waals surface area contributed by atoms with Crippen molar-refractivity contribution < 1.29 is 0 Å². The van der Waals surface area contributed by atoms with Crippen molar-refractivity contribution in [2.24, 2.45) is 0 Å². The van der Waals surface area contributed by atoms with Gasteiger partial charge in [-0.3, -0.25) is 0 Å². The van der Waals surface area contributed by atoms with Gasteiger partial charge in [-0.25, -0.2) is 0 Å². The molecular weight excluding hydrogens is 229 g/mol. The Bertz CT molecular complexity index is 154. The van der Waals surface area contributed by atoms with E-state index in [4.69, 9.17) is 0 Å². The van der Waals surface area contributed by atoms with Crippen molar-refractivity contribution in [3.8, 4) is 0 Å². The van der Waals surface area contributed by atoms with Gasteiger partial charge in [0, 0.05) is 8.80 Å². The van der Waals surface area contributed by atoms with Crippen LogP contribution in [0.3, 0.4) is 0 Å². The maximum absolute atomic E-state index is 2.64. The van der Waals surface area contributed by atoms with Crippen LogP contribution in [0.1, 0.15) is 0 Å². The molecule has 3 unspecified atom stereocenters. The van der Waals surface area contributed by atoms with Crippen LogP contribution >= 0.6 is 27.7 Å². The molecule has 0 aromatic heterocycles. The third-order valence-electron chi connectivity index (χ3n) is 1.82. The van der Waals surface area contributed by atoms with Crippen LogP contribution in [-0.2, 0) is 0 Å². The molecule has 3 atom stereocenters. The van der Waals surface area contributed by atoms with Crippen molar-refractivity contribution in [2.75, 3.05) is 0 Å². The summed E-state index contributed by atoms with van der Waals surface area (Å²) >= 11 is 0. The van der Waals surface area contributed by atoms with Crippen LogP contribution < -0.4 is 0 Å². The fourth-order valence-electron chi connectivity index (χ4n) is 1.10. The summed E-state index contributed by atoms with van der Waals surface area (Å²) in [5, 5.41) is 0. The van der Waals surface area contributed by atoms with Crippen LogP contribution in [0.4, 0.5) is 0 Å². The van der Waals surface area contributed by atoms with E-state index in [0.717, 1.165) is 0 Å². The van der Waals surface area contributed by atoms with Gasteiger partial charge >= 0.3 is 0 Å². The molecule has 0 nitrogen and oxygen atoms in total. The minimum atomic E-state index is -0.587. The molecule has 0 N–H and O–H groups in total. The minimum absolute atomic E-state index is 0.587. The lowest BCUT2D eigenvalue weighted by molar-refractivity contribution is 1.44. The van der Waals surface area contributed by atoms with Gasteiger partial charge in [-0.05, 0) is 18.1 Å². The van der Waals surface area contributed by atoms with Gasteiger partial charge in [0.15, 0.2) is 0 Å². The first kappa shape index (κ1) is 13.7. The number of rotatable bonds is 6. The van der Waals surface area contributed by atoms with Gasteiger partial charge < -0.3 is 0 Å². The SMILES string of the molecule is PC=CC[SiH](CC=CP)CC=CP. The smallest absolute Gasteiger partial charge is 0.0481 e. The maximum atomic E-state index is 2.64. The first-order valence-corrected chi connectivity index (χ1v) is 8.90. The Morgan fingerprint density at radius 2 is 1.00 bits per heavy atom. The van der Waals surface area contributed by atoms with Crippen LogP contribution in [-0.4, -0.2) is 8.80 Å². The molecular formula is C9H19P3Si. The zero-order valence-corrected chi connectivity index (χ0v) is 12.5. The molecule has 0 saturated carbocycles. The summed E-state index contributed by atoms with van der Waals surface area (Å²) in [5.41, 5.74) is 0. The lowest BCUT2D eigenvalue weighted by atomic mass is 10.7. The first-order valence-electron chi connectivity index (χ1n) is 4.45. The van der Waals surface area contributed by atoms with Crippen molar-refractivity contribution in [3.63, 3.8) is 0 Å². The molecule has 0 rings (SSSR count). The zero-order valence-electron chi connectivity index (χ0n) is 7.89. The Labute approximate surface area is 90.6 Å². The predicted octanol–water partition coefficient (Wildman–Crippen LogP) is 3.38. The molecule has 4 heteroatoms. The second kappa shape index (κ2) is 10.8. The van der Waals surface area contributed by atoms with Gasteiger partial charge in [-0.15, -0.1) is 27.7 Å². The van der Waals surface area contributed by atoms with Crippen LogP contribution in [0.15, 0.2) is 35.7 Å². The first-order chi connectivity index (χ1) is 6.35. The monoisotopic (exact) mass is 248 g/mol. The highest BCUT2D eigenvalue weighted by Crippen LogP contribution is 2.10. The molecule has 0 fully saturated rings. The van der Waals surface area contributed by atoms with Gasteiger partial charge in [0.2, 0.25) is 0 Å². The molecule has 0 aliphatic carbocycles. The van der Waals surface area contributed by atoms with Gasteiger partial charge in [-0.1, -0.05) is 35.7 Å². The molecule has 0 radical (unpaired) electrons. The largest absolute Gasteiger partial charge is 0.114 e. The summed E-state index contributed by atoms with van der Waals surface area (Å²) in [6, 6.07) is 3.90. The summed E-state index contributed by atoms with van der Waals surface area (Å²) < 4.78 is 0. The predicted molar refractivity (Wildman–Crippen MR) is 78.1 cm³/mol. The Hall–Kier alpha value is 0.727. The van der Waals surface area contributed by atoms with Crippen LogP contribution in [0.2, 0.25) is 18.1 Å². The lowest BCUT2D eigenvalue weighted by Crippen LogP contribution is -2.07. The molecule has 13 heavy (non-hydrogen) atoms. The van der Waals surface area contributed by atoms with E-state index in [1.807, 2.05) is 0 Å². The minimum Gasteiger partial charge on any atom is -0.114 e. The molecule has 74 valence electrons. The third-order valence-corrected chi connectivity index (χ3v) is 5.45. The molecule has 0 aliphatic heterocycles. The Balaban J connectivity index is 3.86. The van der Waals surface area contributed by atoms with Gasteiger partial charge in [0.05, 0.1) is 0 Å². The third kappa shape index (κ3) is 9.04. The lowest BCUT2D eigenvalue weighted by Gasteiger charge is -2.07. The average molecular weight is 248 g/mol. The van der Waals surface area contributed by atoms with E-state index in [-0.39, 0.29) is 0 Å². The summed E-state index contributed by atoms with van der Waals surface area (Å²) in [6.07, 6.45) is 6.82. The second-order valence-corrected chi connectivity index (χ2v) is 7.16. The van der Waals surface area contributed by atoms with E-state index in [1.54, 1.807) is 0 Å². The van der Waals surface area contributed by atoms with E-state index in [2.05, 4.69) is 63.4 Å². The van der Waals surface area contributed by atoms with Gasteiger partial charge in [0.1, 0.15) is 0 Å². The van der Waals surface area contributed by atoms with Crippen LogP contribution in [0, 0.1) is 0 Å². The normalized spacial score (nSPS) is 15.0. The Morgan fingerprint density at radius 1 is 0.692 bits per heavy atom. The summed E-state index contributed by atoms with van der Waals surface area (Å²) in [6.45, 7) is 0. The second-order valence-electron chi connectivity index (χ2n) is 2.86. The van der Waals surface area contributed by atoms with E-state index < -0.39 is 8.80 Å². The average Bonchev–Trinajstić information content (AvgIpc) is 2.17.